The topological polar surface area (TPSA) is 96.3 Å². The first-order chi connectivity index (χ1) is 16.7. The molecule has 0 unspecified atom stereocenters. The van der Waals surface area contributed by atoms with E-state index in [0.29, 0.717) is 28.3 Å². The number of fused-ring (bicyclic) bond motifs is 2. The van der Waals surface area contributed by atoms with Crippen molar-refractivity contribution in [3.8, 4) is 23.0 Å². The van der Waals surface area contributed by atoms with Gasteiger partial charge in [-0.3, -0.25) is 9.36 Å². The second-order valence-corrected chi connectivity index (χ2v) is 9.13. The number of nitrogens with zero attached hydrogens (tertiary/aromatic N) is 8. The molecule has 5 aromatic rings. The summed E-state index contributed by atoms with van der Waals surface area (Å²) in [5, 5.41) is 9.15. The predicted molar refractivity (Wildman–Crippen MR) is 126 cm³/mol. The van der Waals surface area contributed by atoms with E-state index < -0.39 is 0 Å². The molecule has 7 rings (SSSR count). The molecule has 168 valence electrons. The highest BCUT2D eigenvalue weighted by Gasteiger charge is 2.26. The fourth-order valence-electron chi connectivity index (χ4n) is 4.78. The van der Waals surface area contributed by atoms with Crippen molar-refractivity contribution in [1.29, 1.82) is 0 Å². The van der Waals surface area contributed by atoms with Crippen molar-refractivity contribution in [2.75, 3.05) is 0 Å². The van der Waals surface area contributed by atoms with Gasteiger partial charge in [0.15, 0.2) is 5.82 Å². The van der Waals surface area contributed by atoms with Crippen molar-refractivity contribution in [3.05, 3.63) is 76.6 Å². The molecule has 1 aliphatic carbocycles. The molecule has 1 fully saturated rings. The molecule has 9 heteroatoms. The summed E-state index contributed by atoms with van der Waals surface area (Å²) in [6.07, 6.45) is 9.85. The van der Waals surface area contributed by atoms with Crippen molar-refractivity contribution < 1.29 is 0 Å². The van der Waals surface area contributed by atoms with Crippen LogP contribution in [0.4, 0.5) is 0 Å². The largest absolute Gasteiger partial charge is 0.310 e. The number of benzene rings is 1. The molecule has 1 saturated carbocycles. The Bertz CT molecular complexity index is 1640. The van der Waals surface area contributed by atoms with E-state index in [4.69, 9.17) is 4.98 Å². The lowest BCUT2D eigenvalue weighted by Crippen LogP contribution is -2.20. The Morgan fingerprint density at radius 1 is 1.06 bits per heavy atom. The van der Waals surface area contributed by atoms with Crippen LogP contribution < -0.4 is 5.56 Å². The van der Waals surface area contributed by atoms with Crippen LogP contribution in [-0.4, -0.2) is 38.9 Å². The molecule has 0 radical (unpaired) electrons. The number of imidazole rings is 1. The molecule has 2 aliphatic rings. The zero-order valence-electron chi connectivity index (χ0n) is 18.7. The van der Waals surface area contributed by atoms with E-state index in [1.807, 2.05) is 48.1 Å². The average Bonchev–Trinajstić information content (AvgIpc) is 3.22. The van der Waals surface area contributed by atoms with Crippen LogP contribution in [0.15, 0.2) is 54.0 Å². The van der Waals surface area contributed by atoms with E-state index >= 15 is 0 Å². The van der Waals surface area contributed by atoms with Crippen LogP contribution in [0.25, 0.3) is 33.9 Å². The van der Waals surface area contributed by atoms with E-state index in [2.05, 4.69) is 30.9 Å². The quantitative estimate of drug-likeness (QED) is 0.417. The molecule has 0 N–H and O–H groups in total. The van der Waals surface area contributed by atoms with E-state index in [1.54, 1.807) is 6.33 Å². The predicted octanol–water partition coefficient (Wildman–Crippen LogP) is 3.36. The van der Waals surface area contributed by atoms with Crippen LogP contribution in [0, 0.1) is 6.92 Å². The molecule has 5 heterocycles. The van der Waals surface area contributed by atoms with Gasteiger partial charge >= 0.3 is 0 Å². The van der Waals surface area contributed by atoms with Gasteiger partial charge in [0.05, 0.1) is 28.6 Å². The normalized spacial score (nSPS) is 15.2. The number of aromatic nitrogens is 8. The molecule has 1 aliphatic heterocycles. The smallest absolute Gasteiger partial charge is 0.267 e. The first kappa shape index (κ1) is 19.3. The van der Waals surface area contributed by atoms with Crippen LogP contribution in [0.3, 0.4) is 0 Å². The maximum absolute atomic E-state index is 13.6. The van der Waals surface area contributed by atoms with Gasteiger partial charge in [0, 0.05) is 25.1 Å². The molecule has 0 amide bonds. The molecule has 9 nitrogen and oxygen atoms in total. The minimum absolute atomic E-state index is 0.162. The van der Waals surface area contributed by atoms with E-state index in [0.717, 1.165) is 48.0 Å². The Labute approximate surface area is 194 Å². The van der Waals surface area contributed by atoms with Gasteiger partial charge in [-0.2, -0.15) is 0 Å². The standard InChI is InChI=1S/C25H22N8O/c1-15-10-19-17(11-21(15)31-12-20(26-13-31)16-7-8-16)25(34)33(14-27-19)22-5-2-4-18(28-22)24-30-29-23-6-3-9-32(23)24/h2,4-5,10-14,16H,3,6-9H2,1H3. The van der Waals surface area contributed by atoms with Gasteiger partial charge in [0.1, 0.15) is 23.7 Å². The fourth-order valence-corrected chi connectivity index (χ4v) is 4.78. The Kier molecular flexibility index (Phi) is 4.08. The number of hydrogen-bond donors (Lipinski definition) is 0. The summed E-state index contributed by atoms with van der Waals surface area (Å²) in [6.45, 7) is 2.92. The molecule has 0 saturated heterocycles. The second-order valence-electron chi connectivity index (χ2n) is 9.13. The van der Waals surface area contributed by atoms with Gasteiger partial charge in [-0.05, 0) is 56.0 Å². The van der Waals surface area contributed by atoms with Crippen LogP contribution >= 0.6 is 0 Å². The van der Waals surface area contributed by atoms with Gasteiger partial charge in [0.25, 0.3) is 5.56 Å². The molecule has 1 aromatic carbocycles. The number of rotatable bonds is 4. The summed E-state index contributed by atoms with van der Waals surface area (Å²) in [5.74, 6) is 2.80. The lowest BCUT2D eigenvalue weighted by Gasteiger charge is -2.11. The summed E-state index contributed by atoms with van der Waals surface area (Å²) in [5.41, 5.74) is 4.29. The Morgan fingerprint density at radius 3 is 2.85 bits per heavy atom. The molecule has 0 atom stereocenters. The van der Waals surface area contributed by atoms with Crippen molar-refractivity contribution >= 4 is 10.9 Å². The first-order valence-electron chi connectivity index (χ1n) is 11.6. The zero-order chi connectivity index (χ0) is 22.8. The van der Waals surface area contributed by atoms with E-state index in [1.165, 1.54) is 17.4 Å². The van der Waals surface area contributed by atoms with Crippen molar-refractivity contribution in [2.45, 2.75) is 45.1 Å². The highest BCUT2D eigenvalue weighted by Crippen LogP contribution is 2.39. The van der Waals surface area contributed by atoms with Crippen LogP contribution in [0.2, 0.25) is 0 Å². The van der Waals surface area contributed by atoms with Crippen molar-refractivity contribution in [2.24, 2.45) is 0 Å². The monoisotopic (exact) mass is 450 g/mol. The number of pyridine rings is 1. The van der Waals surface area contributed by atoms with Gasteiger partial charge in [-0.25, -0.2) is 15.0 Å². The summed E-state index contributed by atoms with van der Waals surface area (Å²) >= 11 is 0. The van der Waals surface area contributed by atoms with Gasteiger partial charge in [-0.15, -0.1) is 10.2 Å². The summed E-state index contributed by atoms with van der Waals surface area (Å²) in [7, 11) is 0. The molecule has 34 heavy (non-hydrogen) atoms. The second kappa shape index (κ2) is 7.18. The summed E-state index contributed by atoms with van der Waals surface area (Å²) < 4.78 is 5.60. The molecule has 0 bridgehead atoms. The van der Waals surface area contributed by atoms with Crippen LogP contribution in [0.1, 0.15) is 42.3 Å². The summed E-state index contributed by atoms with van der Waals surface area (Å²) in [6, 6.07) is 9.46. The third-order valence-electron chi connectivity index (χ3n) is 6.77. The third-order valence-corrected chi connectivity index (χ3v) is 6.77. The zero-order valence-corrected chi connectivity index (χ0v) is 18.7. The van der Waals surface area contributed by atoms with Crippen LogP contribution in [-0.2, 0) is 13.0 Å². The number of aryl methyl sites for hydroxylation is 2. The maximum Gasteiger partial charge on any atom is 0.267 e. The molecule has 0 spiro atoms. The highest BCUT2D eigenvalue weighted by molar-refractivity contribution is 5.81. The fraction of sp³-hybridized carbons (Fsp3) is 0.280. The Balaban J connectivity index is 1.33. The third kappa shape index (κ3) is 3.00. The van der Waals surface area contributed by atoms with Gasteiger partial charge < -0.3 is 9.13 Å². The Morgan fingerprint density at radius 2 is 1.97 bits per heavy atom. The van der Waals surface area contributed by atoms with Crippen molar-refractivity contribution in [1.82, 2.24) is 38.9 Å². The first-order valence-corrected chi connectivity index (χ1v) is 11.6. The lowest BCUT2D eigenvalue weighted by atomic mass is 10.1. The average molecular weight is 451 g/mol. The van der Waals surface area contributed by atoms with Crippen LogP contribution in [0.5, 0.6) is 0 Å². The summed E-state index contributed by atoms with van der Waals surface area (Å²) in [4.78, 5) is 27.4. The van der Waals surface area contributed by atoms with E-state index in [-0.39, 0.29) is 5.56 Å². The van der Waals surface area contributed by atoms with E-state index in [9.17, 15) is 4.79 Å². The van der Waals surface area contributed by atoms with Gasteiger partial charge in [-0.1, -0.05) is 6.07 Å². The maximum atomic E-state index is 13.6. The molecule has 4 aromatic heterocycles. The Hall–Kier alpha value is -4.14. The minimum atomic E-state index is -0.162. The molecular formula is C25H22N8O. The van der Waals surface area contributed by atoms with Crippen molar-refractivity contribution in [3.63, 3.8) is 0 Å². The highest BCUT2D eigenvalue weighted by atomic mass is 16.1. The minimum Gasteiger partial charge on any atom is -0.310 e. The number of hydrogen-bond acceptors (Lipinski definition) is 6. The SMILES string of the molecule is Cc1cc2ncn(-c3cccc(-c4nnc5n4CCC5)n3)c(=O)c2cc1-n1cnc(C2CC2)c1. The molecular weight excluding hydrogens is 428 g/mol. The van der Waals surface area contributed by atoms with Gasteiger partial charge in [0.2, 0.25) is 0 Å². The lowest BCUT2D eigenvalue weighted by molar-refractivity contribution is 0.746.